The van der Waals surface area contributed by atoms with Gasteiger partial charge >= 0.3 is 0 Å². The number of para-hydroxylation sites is 3. The quantitative estimate of drug-likeness (QED) is 0.552. The molecule has 0 atom stereocenters. The van der Waals surface area contributed by atoms with E-state index in [2.05, 4.69) is 33.1 Å². The maximum absolute atomic E-state index is 12.3. The molecule has 0 spiro atoms. The number of aryl methyl sites for hydroxylation is 2. The van der Waals surface area contributed by atoms with Gasteiger partial charge in [0.15, 0.2) is 0 Å². The number of hydrogen-bond acceptors (Lipinski definition) is 4. The summed E-state index contributed by atoms with van der Waals surface area (Å²) in [6.07, 6.45) is 0.965. The zero-order chi connectivity index (χ0) is 18.6. The number of fused-ring (bicyclic) bond motifs is 1. The van der Waals surface area contributed by atoms with Crippen molar-refractivity contribution in [3.8, 4) is 5.69 Å². The number of aromatic nitrogens is 3. The maximum Gasteiger partial charge on any atom is 0.220 e. The molecule has 1 N–H and O–H groups in total. The Morgan fingerprint density at radius 1 is 1.07 bits per heavy atom. The molecular formula is C21H20N4OS. The second-order valence-corrected chi connectivity index (χ2v) is 7.29. The van der Waals surface area contributed by atoms with Crippen LogP contribution in [0, 0.1) is 6.92 Å². The Balaban J connectivity index is 1.51. The topological polar surface area (TPSA) is 59.8 Å². The standard InChI is InChI=1S/C21H20N4OS/c1-15-14-27-21(23-15)13-22-20(26)12-11-19-24-17-9-5-6-10-18(17)25(19)16-7-3-2-4-8-16/h2-10,14H,11-13H2,1H3,(H,22,26). The molecule has 0 aliphatic carbocycles. The normalized spacial score (nSPS) is 11.0. The molecule has 0 bridgehead atoms. The number of benzene rings is 2. The molecule has 0 aliphatic rings. The van der Waals surface area contributed by atoms with Crippen LogP contribution in [0.1, 0.15) is 22.9 Å². The Hall–Kier alpha value is -2.99. The summed E-state index contributed by atoms with van der Waals surface area (Å²) in [7, 11) is 0. The van der Waals surface area contributed by atoms with E-state index in [9.17, 15) is 4.79 Å². The predicted octanol–water partition coefficient (Wildman–Crippen LogP) is 4.04. The van der Waals surface area contributed by atoms with Crippen LogP contribution in [-0.4, -0.2) is 20.4 Å². The lowest BCUT2D eigenvalue weighted by molar-refractivity contribution is -0.121. The summed E-state index contributed by atoms with van der Waals surface area (Å²) in [5.74, 6) is 0.900. The van der Waals surface area contributed by atoms with Crippen molar-refractivity contribution in [1.82, 2.24) is 19.9 Å². The smallest absolute Gasteiger partial charge is 0.220 e. The highest BCUT2D eigenvalue weighted by Gasteiger charge is 2.13. The Morgan fingerprint density at radius 3 is 2.63 bits per heavy atom. The molecule has 0 fully saturated rings. The van der Waals surface area contributed by atoms with Gasteiger partial charge in [-0.25, -0.2) is 9.97 Å². The number of nitrogens with one attached hydrogen (secondary N) is 1. The van der Waals surface area contributed by atoms with Crippen molar-refractivity contribution in [3.05, 3.63) is 76.5 Å². The molecule has 136 valence electrons. The summed E-state index contributed by atoms with van der Waals surface area (Å²) in [6.45, 7) is 2.43. The molecule has 0 aliphatic heterocycles. The van der Waals surface area contributed by atoms with Crippen LogP contribution < -0.4 is 5.32 Å². The maximum atomic E-state index is 12.3. The van der Waals surface area contributed by atoms with E-state index in [-0.39, 0.29) is 5.91 Å². The predicted molar refractivity (Wildman–Crippen MR) is 108 cm³/mol. The van der Waals surface area contributed by atoms with E-state index in [1.54, 1.807) is 11.3 Å². The lowest BCUT2D eigenvalue weighted by atomic mass is 10.2. The number of nitrogens with zero attached hydrogens (tertiary/aromatic N) is 3. The van der Waals surface area contributed by atoms with Crippen molar-refractivity contribution in [2.75, 3.05) is 0 Å². The number of hydrogen-bond donors (Lipinski definition) is 1. The van der Waals surface area contributed by atoms with Gasteiger partial charge in [-0.05, 0) is 31.2 Å². The molecule has 0 unspecified atom stereocenters. The van der Waals surface area contributed by atoms with Gasteiger partial charge < -0.3 is 5.32 Å². The summed E-state index contributed by atoms with van der Waals surface area (Å²) >= 11 is 1.57. The molecule has 2 aromatic carbocycles. The van der Waals surface area contributed by atoms with Crippen molar-refractivity contribution in [3.63, 3.8) is 0 Å². The minimum absolute atomic E-state index is 0.00882. The van der Waals surface area contributed by atoms with Crippen LogP contribution in [-0.2, 0) is 17.8 Å². The average Bonchev–Trinajstić information content (AvgIpc) is 3.28. The Labute approximate surface area is 161 Å². The lowest BCUT2D eigenvalue weighted by Gasteiger charge is -2.09. The Morgan fingerprint density at radius 2 is 1.85 bits per heavy atom. The van der Waals surface area contributed by atoms with Gasteiger partial charge in [0.05, 0.1) is 17.6 Å². The molecule has 0 saturated heterocycles. The first kappa shape index (κ1) is 17.4. The van der Waals surface area contributed by atoms with E-state index < -0.39 is 0 Å². The van der Waals surface area contributed by atoms with E-state index in [0.29, 0.717) is 19.4 Å². The summed E-state index contributed by atoms with van der Waals surface area (Å²) in [6, 6.07) is 18.2. The van der Waals surface area contributed by atoms with Crippen LogP contribution in [0.3, 0.4) is 0 Å². The fourth-order valence-corrected chi connectivity index (χ4v) is 3.79. The van der Waals surface area contributed by atoms with Crippen LogP contribution in [0.2, 0.25) is 0 Å². The summed E-state index contributed by atoms with van der Waals surface area (Å²) < 4.78 is 2.13. The number of thiazole rings is 1. The molecule has 2 aromatic heterocycles. The Kier molecular flexibility index (Phi) is 4.98. The van der Waals surface area contributed by atoms with Crippen LogP contribution in [0.4, 0.5) is 0 Å². The highest BCUT2D eigenvalue weighted by atomic mass is 32.1. The second kappa shape index (κ2) is 7.72. The zero-order valence-electron chi connectivity index (χ0n) is 15.1. The number of rotatable bonds is 6. The van der Waals surface area contributed by atoms with Crippen molar-refractivity contribution in [1.29, 1.82) is 0 Å². The van der Waals surface area contributed by atoms with Crippen LogP contribution in [0.5, 0.6) is 0 Å². The van der Waals surface area contributed by atoms with Crippen molar-refractivity contribution in [2.24, 2.45) is 0 Å². The zero-order valence-corrected chi connectivity index (χ0v) is 15.9. The minimum Gasteiger partial charge on any atom is -0.350 e. The molecule has 5 nitrogen and oxygen atoms in total. The molecule has 0 saturated carbocycles. The molecule has 1 amide bonds. The summed E-state index contributed by atoms with van der Waals surface area (Å²) in [4.78, 5) is 21.4. The molecule has 27 heavy (non-hydrogen) atoms. The molecule has 0 radical (unpaired) electrons. The number of amides is 1. The number of imidazole rings is 1. The highest BCUT2D eigenvalue weighted by Crippen LogP contribution is 2.22. The van der Waals surface area contributed by atoms with Crippen molar-refractivity contribution in [2.45, 2.75) is 26.3 Å². The van der Waals surface area contributed by atoms with Crippen molar-refractivity contribution >= 4 is 28.3 Å². The molecular weight excluding hydrogens is 356 g/mol. The molecule has 6 heteroatoms. The van der Waals surface area contributed by atoms with E-state index in [1.165, 1.54) is 0 Å². The second-order valence-electron chi connectivity index (χ2n) is 6.35. The van der Waals surface area contributed by atoms with Gasteiger partial charge in [0.25, 0.3) is 0 Å². The van der Waals surface area contributed by atoms with E-state index in [4.69, 9.17) is 4.98 Å². The van der Waals surface area contributed by atoms with Gasteiger partial charge in [-0.2, -0.15) is 0 Å². The van der Waals surface area contributed by atoms with Crippen LogP contribution >= 0.6 is 11.3 Å². The van der Waals surface area contributed by atoms with Gasteiger partial charge in [0.2, 0.25) is 5.91 Å². The average molecular weight is 376 g/mol. The SMILES string of the molecule is Cc1csc(CNC(=O)CCc2nc3ccccc3n2-c2ccccc2)n1. The lowest BCUT2D eigenvalue weighted by Crippen LogP contribution is -2.23. The fraction of sp³-hybridized carbons (Fsp3) is 0.190. The fourth-order valence-electron chi connectivity index (χ4n) is 3.08. The van der Waals surface area contributed by atoms with Crippen molar-refractivity contribution < 1.29 is 4.79 Å². The van der Waals surface area contributed by atoms with Gasteiger partial charge in [-0.3, -0.25) is 9.36 Å². The van der Waals surface area contributed by atoms with Crippen LogP contribution in [0.25, 0.3) is 16.7 Å². The largest absolute Gasteiger partial charge is 0.350 e. The summed E-state index contributed by atoms with van der Waals surface area (Å²) in [5.41, 5.74) is 4.04. The third kappa shape index (κ3) is 3.90. The van der Waals surface area contributed by atoms with E-state index in [0.717, 1.165) is 33.2 Å². The number of carbonyl (C=O) groups is 1. The molecule has 4 rings (SSSR count). The first-order chi connectivity index (χ1) is 13.2. The van der Waals surface area contributed by atoms with Gasteiger partial charge in [-0.1, -0.05) is 30.3 Å². The Bertz CT molecular complexity index is 1070. The third-order valence-electron chi connectivity index (χ3n) is 4.32. The molecule has 2 heterocycles. The number of carbonyl (C=O) groups excluding carboxylic acids is 1. The van der Waals surface area contributed by atoms with Gasteiger partial charge in [0, 0.05) is 29.6 Å². The monoisotopic (exact) mass is 376 g/mol. The highest BCUT2D eigenvalue weighted by molar-refractivity contribution is 7.09. The first-order valence-electron chi connectivity index (χ1n) is 8.90. The van der Waals surface area contributed by atoms with E-state index >= 15 is 0 Å². The van der Waals surface area contributed by atoms with Gasteiger partial charge in [0.1, 0.15) is 10.8 Å². The van der Waals surface area contributed by atoms with Crippen LogP contribution in [0.15, 0.2) is 60.0 Å². The first-order valence-corrected chi connectivity index (χ1v) is 9.78. The third-order valence-corrected chi connectivity index (χ3v) is 5.29. The van der Waals surface area contributed by atoms with Gasteiger partial charge in [-0.15, -0.1) is 11.3 Å². The minimum atomic E-state index is 0.00882. The molecule has 4 aromatic rings. The summed E-state index contributed by atoms with van der Waals surface area (Å²) in [5, 5.41) is 5.87. The van der Waals surface area contributed by atoms with E-state index in [1.807, 2.05) is 48.7 Å².